The van der Waals surface area contributed by atoms with Crippen molar-refractivity contribution in [2.45, 2.75) is 51.4 Å². The molecule has 3 rings (SSSR count). The summed E-state index contributed by atoms with van der Waals surface area (Å²) >= 11 is 0. The molecule has 104 valence electrons. The van der Waals surface area contributed by atoms with Gasteiger partial charge in [0, 0.05) is 5.56 Å². The third-order valence-corrected chi connectivity index (χ3v) is 4.47. The normalized spacial score (nSPS) is 29.9. The van der Waals surface area contributed by atoms with E-state index < -0.39 is 6.10 Å². The van der Waals surface area contributed by atoms with Crippen LogP contribution >= 0.6 is 0 Å². The highest BCUT2D eigenvalue weighted by molar-refractivity contribution is 5.45. The summed E-state index contributed by atoms with van der Waals surface area (Å²) in [6.07, 6.45) is 1.98. The molecular weight excluding hydrogens is 238 g/mol. The van der Waals surface area contributed by atoms with Crippen LogP contribution in [0.1, 0.15) is 43.9 Å². The summed E-state index contributed by atoms with van der Waals surface area (Å²) in [6, 6.07) is 6.08. The number of aryl methyl sites for hydroxylation is 1. The van der Waals surface area contributed by atoms with Crippen molar-refractivity contribution >= 4 is 0 Å². The number of ether oxygens (including phenoxy) is 1. The molecule has 3 heteroatoms. The Bertz CT molecular complexity index is 478. The van der Waals surface area contributed by atoms with Crippen molar-refractivity contribution in [3.63, 3.8) is 0 Å². The van der Waals surface area contributed by atoms with Gasteiger partial charge in [-0.15, -0.1) is 0 Å². The number of aliphatic hydroxyl groups excluding tert-OH is 1. The summed E-state index contributed by atoms with van der Waals surface area (Å²) in [7, 11) is 0. The molecule has 3 nitrogen and oxygen atoms in total. The molecule has 0 spiro atoms. The van der Waals surface area contributed by atoms with Gasteiger partial charge in [0.1, 0.15) is 17.5 Å². The van der Waals surface area contributed by atoms with Crippen LogP contribution in [0, 0.1) is 6.92 Å². The highest BCUT2D eigenvalue weighted by Gasteiger charge is 2.47. The molecule has 2 aliphatic heterocycles. The van der Waals surface area contributed by atoms with Crippen LogP contribution in [0.5, 0.6) is 5.75 Å². The summed E-state index contributed by atoms with van der Waals surface area (Å²) in [6.45, 7) is 8.35. The monoisotopic (exact) mass is 261 g/mol. The van der Waals surface area contributed by atoms with Crippen LogP contribution in [0.25, 0.3) is 0 Å². The lowest BCUT2D eigenvalue weighted by Crippen LogP contribution is -2.57. The first-order valence-electron chi connectivity index (χ1n) is 7.21. The lowest BCUT2D eigenvalue weighted by atomic mass is 9.84. The zero-order chi connectivity index (χ0) is 13.6. The van der Waals surface area contributed by atoms with E-state index in [4.69, 9.17) is 4.74 Å². The third kappa shape index (κ3) is 2.05. The zero-order valence-electron chi connectivity index (χ0n) is 12.0. The fourth-order valence-electron chi connectivity index (χ4n) is 3.58. The van der Waals surface area contributed by atoms with Gasteiger partial charge in [0.15, 0.2) is 0 Å². The Kier molecular flexibility index (Phi) is 3.06. The first-order valence-corrected chi connectivity index (χ1v) is 7.21. The van der Waals surface area contributed by atoms with Crippen LogP contribution in [0.2, 0.25) is 0 Å². The second-order valence-electron chi connectivity index (χ2n) is 6.33. The van der Waals surface area contributed by atoms with Crippen LogP contribution in [0.4, 0.5) is 0 Å². The van der Waals surface area contributed by atoms with E-state index in [1.807, 2.05) is 25.1 Å². The van der Waals surface area contributed by atoms with Crippen LogP contribution in [-0.2, 0) is 0 Å². The molecule has 0 aliphatic carbocycles. The smallest absolute Gasteiger partial charge is 0.128 e. The predicted octanol–water partition coefficient (Wildman–Crippen LogP) is 2.66. The Labute approximate surface area is 115 Å². The SMILES string of the molecule is Cc1cccc2c1OC(C)(C)C(N1CCCC1)C2O. The average molecular weight is 261 g/mol. The van der Waals surface area contributed by atoms with E-state index in [-0.39, 0.29) is 11.6 Å². The van der Waals surface area contributed by atoms with Gasteiger partial charge >= 0.3 is 0 Å². The van der Waals surface area contributed by atoms with Crippen molar-refractivity contribution in [3.8, 4) is 5.75 Å². The molecular formula is C16H23NO2. The highest BCUT2D eigenvalue weighted by Crippen LogP contribution is 2.44. The summed E-state index contributed by atoms with van der Waals surface area (Å²) in [5.74, 6) is 0.871. The van der Waals surface area contributed by atoms with Crippen molar-refractivity contribution in [1.82, 2.24) is 4.90 Å². The number of aliphatic hydroxyl groups is 1. The molecule has 0 aromatic heterocycles. The van der Waals surface area contributed by atoms with E-state index >= 15 is 0 Å². The number of likely N-dealkylation sites (tertiary alicyclic amines) is 1. The zero-order valence-corrected chi connectivity index (χ0v) is 12.0. The topological polar surface area (TPSA) is 32.7 Å². The number of benzene rings is 1. The Morgan fingerprint density at radius 2 is 1.95 bits per heavy atom. The molecule has 1 fully saturated rings. The number of para-hydroxylation sites is 1. The van der Waals surface area contributed by atoms with Gasteiger partial charge in [-0.05, 0) is 52.3 Å². The second kappa shape index (κ2) is 4.50. The van der Waals surface area contributed by atoms with Crippen LogP contribution in [0.3, 0.4) is 0 Å². The minimum Gasteiger partial charge on any atom is -0.485 e. The molecule has 2 aliphatic rings. The lowest BCUT2D eigenvalue weighted by Gasteiger charge is -2.47. The van der Waals surface area contributed by atoms with Gasteiger partial charge in [-0.2, -0.15) is 0 Å². The highest BCUT2D eigenvalue weighted by atomic mass is 16.5. The molecule has 1 aromatic carbocycles. The van der Waals surface area contributed by atoms with E-state index in [2.05, 4.69) is 18.7 Å². The standard InChI is InChI=1S/C16H23NO2/c1-11-7-6-8-12-13(18)15(17-9-4-5-10-17)16(2,3)19-14(11)12/h6-8,13,15,18H,4-5,9-10H2,1-3H3. The second-order valence-corrected chi connectivity index (χ2v) is 6.33. The first kappa shape index (κ1) is 12.9. The number of fused-ring (bicyclic) bond motifs is 1. The van der Waals surface area contributed by atoms with Crippen molar-refractivity contribution in [1.29, 1.82) is 0 Å². The number of hydrogen-bond acceptors (Lipinski definition) is 3. The number of rotatable bonds is 1. The van der Waals surface area contributed by atoms with E-state index in [9.17, 15) is 5.11 Å². The van der Waals surface area contributed by atoms with Crippen molar-refractivity contribution in [3.05, 3.63) is 29.3 Å². The molecule has 1 aromatic rings. The number of nitrogens with zero attached hydrogens (tertiary/aromatic N) is 1. The Balaban J connectivity index is 2.03. The maximum Gasteiger partial charge on any atom is 0.128 e. The molecule has 2 heterocycles. The summed E-state index contributed by atoms with van der Waals surface area (Å²) < 4.78 is 6.24. The molecule has 0 saturated carbocycles. The van der Waals surface area contributed by atoms with Crippen LogP contribution < -0.4 is 4.74 Å². The van der Waals surface area contributed by atoms with Gasteiger partial charge in [0.2, 0.25) is 0 Å². The van der Waals surface area contributed by atoms with Gasteiger partial charge in [-0.1, -0.05) is 18.2 Å². The van der Waals surface area contributed by atoms with Crippen molar-refractivity contribution in [2.24, 2.45) is 0 Å². The van der Waals surface area contributed by atoms with Gasteiger partial charge in [0.25, 0.3) is 0 Å². The Hall–Kier alpha value is -1.06. The number of hydrogen-bond donors (Lipinski definition) is 1. The van der Waals surface area contributed by atoms with Crippen LogP contribution in [-0.4, -0.2) is 34.7 Å². The first-order chi connectivity index (χ1) is 9.00. The van der Waals surface area contributed by atoms with E-state index in [1.54, 1.807) is 0 Å². The van der Waals surface area contributed by atoms with E-state index in [0.717, 1.165) is 30.0 Å². The Morgan fingerprint density at radius 1 is 1.26 bits per heavy atom. The molecule has 1 N–H and O–H groups in total. The Morgan fingerprint density at radius 3 is 2.63 bits per heavy atom. The van der Waals surface area contributed by atoms with Crippen molar-refractivity contribution < 1.29 is 9.84 Å². The largest absolute Gasteiger partial charge is 0.485 e. The quantitative estimate of drug-likeness (QED) is 0.843. The molecule has 0 radical (unpaired) electrons. The van der Waals surface area contributed by atoms with Crippen LogP contribution in [0.15, 0.2) is 18.2 Å². The third-order valence-electron chi connectivity index (χ3n) is 4.47. The fourth-order valence-corrected chi connectivity index (χ4v) is 3.58. The minimum absolute atomic E-state index is 0.0456. The molecule has 1 saturated heterocycles. The summed E-state index contributed by atoms with van der Waals surface area (Å²) in [5, 5.41) is 10.8. The maximum atomic E-state index is 10.8. The van der Waals surface area contributed by atoms with Gasteiger partial charge in [-0.3, -0.25) is 4.90 Å². The lowest BCUT2D eigenvalue weighted by molar-refractivity contribution is -0.0761. The van der Waals surface area contributed by atoms with Gasteiger partial charge in [0.05, 0.1) is 6.04 Å². The molecule has 2 unspecified atom stereocenters. The summed E-state index contributed by atoms with van der Waals surface area (Å²) in [5.41, 5.74) is 1.68. The summed E-state index contributed by atoms with van der Waals surface area (Å²) in [4.78, 5) is 2.38. The maximum absolute atomic E-state index is 10.8. The minimum atomic E-state index is -0.461. The predicted molar refractivity (Wildman–Crippen MR) is 75.4 cm³/mol. The van der Waals surface area contributed by atoms with Gasteiger partial charge < -0.3 is 9.84 Å². The average Bonchev–Trinajstić information content (AvgIpc) is 2.83. The molecule has 19 heavy (non-hydrogen) atoms. The van der Waals surface area contributed by atoms with E-state index in [0.29, 0.717) is 0 Å². The van der Waals surface area contributed by atoms with Gasteiger partial charge in [-0.25, -0.2) is 0 Å². The van der Waals surface area contributed by atoms with E-state index in [1.165, 1.54) is 12.8 Å². The van der Waals surface area contributed by atoms with Crippen molar-refractivity contribution in [2.75, 3.05) is 13.1 Å². The molecule has 2 atom stereocenters. The molecule has 0 bridgehead atoms. The molecule has 0 amide bonds. The fraction of sp³-hybridized carbons (Fsp3) is 0.625.